The van der Waals surface area contributed by atoms with Crippen molar-refractivity contribution in [3.8, 4) is 28.3 Å². The number of hydrogen-bond donors (Lipinski definition) is 0. The van der Waals surface area contributed by atoms with E-state index in [-0.39, 0.29) is 0 Å². The van der Waals surface area contributed by atoms with Crippen molar-refractivity contribution in [3.63, 3.8) is 0 Å². The van der Waals surface area contributed by atoms with Crippen LogP contribution in [0, 0.1) is 0 Å². The minimum Gasteiger partial charge on any atom is -0.496 e. The number of nitrogens with zero attached hydrogens (tertiary/aromatic N) is 2. The van der Waals surface area contributed by atoms with Gasteiger partial charge in [0.15, 0.2) is 0 Å². The van der Waals surface area contributed by atoms with Crippen LogP contribution in [0.25, 0.3) is 22.5 Å². The van der Waals surface area contributed by atoms with Crippen molar-refractivity contribution in [3.05, 3.63) is 67.0 Å². The highest BCUT2D eigenvalue weighted by Crippen LogP contribution is 2.36. The van der Waals surface area contributed by atoms with Gasteiger partial charge in [0.2, 0.25) is 0 Å². The molecule has 3 aromatic rings. The molecule has 0 aliphatic rings. The summed E-state index contributed by atoms with van der Waals surface area (Å²) in [5, 5.41) is 0. The molecule has 0 bridgehead atoms. The molecule has 0 fully saturated rings. The van der Waals surface area contributed by atoms with Crippen LogP contribution in [-0.4, -0.2) is 17.1 Å². The normalized spacial score (nSPS) is 10.2. The van der Waals surface area contributed by atoms with Crippen LogP contribution in [0.4, 0.5) is 0 Å². The van der Waals surface area contributed by atoms with Crippen molar-refractivity contribution in [1.82, 2.24) is 9.97 Å². The Hall–Kier alpha value is -2.68. The molecular weight excluding hydrogens is 248 g/mol. The zero-order chi connectivity index (χ0) is 13.8. The summed E-state index contributed by atoms with van der Waals surface area (Å²) in [5.41, 5.74) is 3.70. The number of hydrogen-bond acceptors (Lipinski definition) is 3. The van der Waals surface area contributed by atoms with E-state index in [0.29, 0.717) is 0 Å². The van der Waals surface area contributed by atoms with E-state index in [4.69, 9.17) is 4.74 Å². The summed E-state index contributed by atoms with van der Waals surface area (Å²) in [5.74, 6) is 0.798. The summed E-state index contributed by atoms with van der Waals surface area (Å²) in [4.78, 5) is 8.88. The highest BCUT2D eigenvalue weighted by Gasteiger charge is 2.14. The van der Waals surface area contributed by atoms with Crippen molar-refractivity contribution in [2.75, 3.05) is 7.11 Å². The fraction of sp³-hybridized carbons (Fsp3) is 0.0588. The third-order valence-corrected chi connectivity index (χ3v) is 3.10. The van der Waals surface area contributed by atoms with E-state index in [1.54, 1.807) is 19.5 Å². The van der Waals surface area contributed by atoms with Crippen LogP contribution >= 0.6 is 0 Å². The Kier molecular flexibility index (Phi) is 3.42. The molecule has 1 aromatic carbocycles. The van der Waals surface area contributed by atoms with Gasteiger partial charge >= 0.3 is 0 Å². The van der Waals surface area contributed by atoms with Crippen molar-refractivity contribution in [1.29, 1.82) is 0 Å². The summed E-state index contributed by atoms with van der Waals surface area (Å²) in [6.45, 7) is 0. The van der Waals surface area contributed by atoms with Crippen LogP contribution in [0.2, 0.25) is 0 Å². The van der Waals surface area contributed by atoms with Gasteiger partial charge in [-0.3, -0.25) is 9.97 Å². The monoisotopic (exact) mass is 262 g/mol. The van der Waals surface area contributed by atoms with Gasteiger partial charge in [0, 0.05) is 12.4 Å². The summed E-state index contributed by atoms with van der Waals surface area (Å²) >= 11 is 0. The smallest absolute Gasteiger partial charge is 0.130 e. The fourth-order valence-corrected chi connectivity index (χ4v) is 2.20. The van der Waals surface area contributed by atoms with Gasteiger partial charge in [-0.05, 0) is 23.8 Å². The minimum absolute atomic E-state index is 0.798. The highest BCUT2D eigenvalue weighted by molar-refractivity contribution is 5.83. The Morgan fingerprint density at radius 2 is 1.60 bits per heavy atom. The first-order valence-electron chi connectivity index (χ1n) is 6.40. The first kappa shape index (κ1) is 12.4. The Morgan fingerprint density at radius 3 is 2.30 bits per heavy atom. The molecule has 3 heteroatoms. The maximum Gasteiger partial charge on any atom is 0.130 e. The quantitative estimate of drug-likeness (QED) is 0.719. The molecule has 3 rings (SSSR count). The molecule has 98 valence electrons. The van der Waals surface area contributed by atoms with Gasteiger partial charge in [0.05, 0.1) is 18.4 Å². The molecule has 3 nitrogen and oxygen atoms in total. The lowest BCUT2D eigenvalue weighted by atomic mass is 10.0. The number of rotatable bonds is 3. The Labute approximate surface area is 117 Å². The van der Waals surface area contributed by atoms with Crippen molar-refractivity contribution in [2.45, 2.75) is 0 Å². The average Bonchev–Trinajstić information content (AvgIpc) is 2.55. The molecule has 0 unspecified atom stereocenters. The Balaban J connectivity index is 2.26. The first-order valence-corrected chi connectivity index (χ1v) is 6.40. The molecule has 2 heterocycles. The lowest BCUT2D eigenvalue weighted by Crippen LogP contribution is -1.95. The summed E-state index contributed by atoms with van der Waals surface area (Å²) in [6, 6.07) is 17.8. The molecule has 0 radical (unpaired) electrons. The molecule has 0 atom stereocenters. The lowest BCUT2D eigenvalue weighted by Gasteiger charge is -2.12. The second-order valence-electron chi connectivity index (χ2n) is 4.32. The lowest BCUT2D eigenvalue weighted by molar-refractivity contribution is 0.416. The van der Waals surface area contributed by atoms with Crippen LogP contribution in [-0.2, 0) is 0 Å². The van der Waals surface area contributed by atoms with Crippen LogP contribution in [0.1, 0.15) is 0 Å². The van der Waals surface area contributed by atoms with Crippen LogP contribution in [0.5, 0.6) is 5.75 Å². The van der Waals surface area contributed by atoms with E-state index < -0.39 is 0 Å². The van der Waals surface area contributed by atoms with E-state index in [1.165, 1.54) is 0 Å². The second kappa shape index (κ2) is 5.53. The molecular formula is C17H14N2O. The van der Waals surface area contributed by atoms with Crippen LogP contribution < -0.4 is 4.74 Å². The van der Waals surface area contributed by atoms with Gasteiger partial charge in [-0.25, -0.2) is 0 Å². The van der Waals surface area contributed by atoms with Crippen molar-refractivity contribution >= 4 is 0 Å². The Bertz CT molecular complexity index is 697. The second-order valence-corrected chi connectivity index (χ2v) is 4.32. The van der Waals surface area contributed by atoms with Crippen molar-refractivity contribution in [2.24, 2.45) is 0 Å². The van der Waals surface area contributed by atoms with Gasteiger partial charge in [0.1, 0.15) is 11.4 Å². The molecule has 0 aliphatic carbocycles. The largest absolute Gasteiger partial charge is 0.496 e. The van der Waals surface area contributed by atoms with E-state index in [9.17, 15) is 0 Å². The topological polar surface area (TPSA) is 35.0 Å². The standard InChI is InChI=1S/C17H14N2O/c1-20-15-10-12-19-17(14-9-5-6-11-18-14)16(15)13-7-3-2-4-8-13/h2-12H,1H3. The van der Waals surface area contributed by atoms with Crippen LogP contribution in [0.3, 0.4) is 0 Å². The SMILES string of the molecule is COc1ccnc(-c2ccccn2)c1-c1ccccc1. The van der Waals surface area contributed by atoms with E-state index >= 15 is 0 Å². The summed E-state index contributed by atoms with van der Waals surface area (Å²) in [6.07, 6.45) is 3.51. The fourth-order valence-electron chi connectivity index (χ4n) is 2.20. The van der Waals surface area contributed by atoms with Gasteiger partial charge < -0.3 is 4.74 Å². The van der Waals surface area contributed by atoms with Gasteiger partial charge in [0.25, 0.3) is 0 Å². The number of ether oxygens (including phenoxy) is 1. The minimum atomic E-state index is 0.798. The molecule has 0 saturated carbocycles. The van der Waals surface area contributed by atoms with Gasteiger partial charge in [-0.1, -0.05) is 36.4 Å². The summed E-state index contributed by atoms with van der Waals surface area (Å²) < 4.78 is 5.49. The van der Waals surface area contributed by atoms with E-state index in [1.807, 2.05) is 54.6 Å². The zero-order valence-electron chi connectivity index (χ0n) is 11.2. The van der Waals surface area contributed by atoms with Gasteiger partial charge in [-0.15, -0.1) is 0 Å². The molecule has 0 N–H and O–H groups in total. The van der Waals surface area contributed by atoms with Crippen molar-refractivity contribution < 1.29 is 4.74 Å². The zero-order valence-corrected chi connectivity index (χ0v) is 11.2. The predicted molar refractivity (Wildman–Crippen MR) is 79.5 cm³/mol. The molecule has 0 saturated heterocycles. The average molecular weight is 262 g/mol. The predicted octanol–water partition coefficient (Wildman–Crippen LogP) is 3.82. The van der Waals surface area contributed by atoms with E-state index in [2.05, 4.69) is 9.97 Å². The number of aromatic nitrogens is 2. The van der Waals surface area contributed by atoms with Gasteiger partial charge in [-0.2, -0.15) is 0 Å². The van der Waals surface area contributed by atoms with Crippen LogP contribution in [0.15, 0.2) is 67.0 Å². The number of benzene rings is 1. The number of methoxy groups -OCH3 is 1. The third kappa shape index (κ3) is 2.26. The Morgan fingerprint density at radius 1 is 0.800 bits per heavy atom. The highest BCUT2D eigenvalue weighted by atomic mass is 16.5. The maximum atomic E-state index is 5.49. The molecule has 20 heavy (non-hydrogen) atoms. The number of pyridine rings is 2. The molecule has 0 spiro atoms. The first-order chi connectivity index (χ1) is 9.90. The molecule has 0 amide bonds. The van der Waals surface area contributed by atoms with E-state index in [0.717, 1.165) is 28.3 Å². The maximum absolute atomic E-state index is 5.49. The molecule has 0 aliphatic heterocycles. The summed E-state index contributed by atoms with van der Waals surface area (Å²) in [7, 11) is 1.67. The third-order valence-electron chi connectivity index (χ3n) is 3.10. The molecule has 2 aromatic heterocycles.